The Kier molecular flexibility index (Phi) is 5.03. The van der Waals surface area contributed by atoms with Gasteiger partial charge in [0.05, 0.1) is 0 Å². The number of hydrogen-bond acceptors (Lipinski definition) is 6. The van der Waals surface area contributed by atoms with E-state index < -0.39 is 0 Å². The second kappa shape index (κ2) is 8.11. The number of anilines is 1. The predicted molar refractivity (Wildman–Crippen MR) is 103 cm³/mol. The maximum atomic E-state index is 5.82. The van der Waals surface area contributed by atoms with Crippen molar-refractivity contribution in [3.05, 3.63) is 91.0 Å². The van der Waals surface area contributed by atoms with Crippen molar-refractivity contribution in [2.45, 2.75) is 6.54 Å². The molecule has 0 bridgehead atoms. The molecule has 0 unspecified atom stereocenters. The first-order valence-electron chi connectivity index (χ1n) is 8.50. The highest BCUT2D eigenvalue weighted by Gasteiger charge is 2.04. The van der Waals surface area contributed by atoms with E-state index in [0.29, 0.717) is 24.0 Å². The first-order valence-corrected chi connectivity index (χ1v) is 8.50. The van der Waals surface area contributed by atoms with Gasteiger partial charge in [0.15, 0.2) is 5.82 Å². The van der Waals surface area contributed by atoms with E-state index in [4.69, 9.17) is 4.74 Å². The number of nitrogens with zero attached hydrogens (tertiary/aromatic N) is 4. The molecule has 0 aliphatic carbocycles. The van der Waals surface area contributed by atoms with Crippen LogP contribution in [0.15, 0.2) is 85.5 Å². The van der Waals surface area contributed by atoms with Gasteiger partial charge in [-0.3, -0.25) is 0 Å². The van der Waals surface area contributed by atoms with Crippen molar-refractivity contribution < 1.29 is 4.74 Å². The average Bonchev–Trinajstić information content (AvgIpc) is 3.25. The van der Waals surface area contributed by atoms with Gasteiger partial charge in [0.2, 0.25) is 5.88 Å². The molecular formula is C20H18N6O. The van der Waals surface area contributed by atoms with Crippen LogP contribution in [-0.4, -0.2) is 19.7 Å². The Morgan fingerprint density at radius 3 is 2.56 bits per heavy atom. The van der Waals surface area contributed by atoms with Crippen molar-refractivity contribution >= 4 is 5.69 Å². The van der Waals surface area contributed by atoms with E-state index in [1.807, 2.05) is 66.9 Å². The molecule has 2 heterocycles. The number of benzene rings is 2. The minimum atomic E-state index is 0.465. The van der Waals surface area contributed by atoms with Crippen LogP contribution >= 0.6 is 0 Å². The summed E-state index contributed by atoms with van der Waals surface area (Å²) in [6.45, 7) is 0.687. The number of para-hydroxylation sites is 1. The van der Waals surface area contributed by atoms with Crippen molar-refractivity contribution in [3.8, 4) is 17.4 Å². The lowest BCUT2D eigenvalue weighted by atomic mass is 10.2. The standard InChI is InChI=1S/C20H18N6O/c1-2-5-17(6-3-1)25-23-14-16-7-9-18(10-8-16)27-20-13-19(21-15-22-20)26-12-4-11-24-26/h1-13,15,23,25H,14H2. The molecule has 4 rings (SSSR count). The molecule has 0 saturated heterocycles. The van der Waals surface area contributed by atoms with Crippen LogP contribution in [0.25, 0.3) is 5.82 Å². The normalized spacial score (nSPS) is 10.5. The maximum Gasteiger partial charge on any atom is 0.224 e. The quantitative estimate of drug-likeness (QED) is 0.492. The molecule has 27 heavy (non-hydrogen) atoms. The average molecular weight is 358 g/mol. The molecule has 0 fully saturated rings. The lowest BCUT2D eigenvalue weighted by molar-refractivity contribution is 0.460. The van der Waals surface area contributed by atoms with Gasteiger partial charge in [-0.1, -0.05) is 30.3 Å². The highest BCUT2D eigenvalue weighted by atomic mass is 16.5. The summed E-state index contributed by atoms with van der Waals surface area (Å²) in [6, 6.07) is 21.4. The summed E-state index contributed by atoms with van der Waals surface area (Å²) in [5, 5.41) is 4.15. The summed E-state index contributed by atoms with van der Waals surface area (Å²) in [5.74, 6) is 1.82. The zero-order valence-corrected chi connectivity index (χ0v) is 14.5. The molecule has 0 aliphatic rings. The minimum Gasteiger partial charge on any atom is -0.439 e. The van der Waals surface area contributed by atoms with Crippen LogP contribution in [0.3, 0.4) is 0 Å². The van der Waals surface area contributed by atoms with E-state index in [9.17, 15) is 0 Å². The van der Waals surface area contributed by atoms with Gasteiger partial charge in [-0.2, -0.15) is 5.10 Å². The molecule has 0 atom stereocenters. The van der Waals surface area contributed by atoms with Gasteiger partial charge in [-0.05, 0) is 35.9 Å². The van der Waals surface area contributed by atoms with Crippen LogP contribution in [0, 0.1) is 0 Å². The lowest BCUT2D eigenvalue weighted by Crippen LogP contribution is -2.20. The fourth-order valence-electron chi connectivity index (χ4n) is 2.48. The number of hydrazine groups is 1. The van der Waals surface area contributed by atoms with Gasteiger partial charge in [0, 0.05) is 30.7 Å². The lowest BCUT2D eigenvalue weighted by Gasteiger charge is -2.09. The molecule has 0 radical (unpaired) electrons. The number of ether oxygens (including phenoxy) is 1. The molecule has 0 spiro atoms. The molecule has 134 valence electrons. The summed E-state index contributed by atoms with van der Waals surface area (Å²) in [7, 11) is 0. The summed E-state index contributed by atoms with van der Waals surface area (Å²) >= 11 is 0. The first-order chi connectivity index (χ1) is 13.4. The Balaban J connectivity index is 1.35. The van der Waals surface area contributed by atoms with Gasteiger partial charge in [-0.15, -0.1) is 0 Å². The fraction of sp³-hybridized carbons (Fsp3) is 0.0500. The smallest absolute Gasteiger partial charge is 0.224 e. The topological polar surface area (TPSA) is 76.9 Å². The molecule has 0 aliphatic heterocycles. The van der Waals surface area contributed by atoms with Gasteiger partial charge in [-0.25, -0.2) is 20.1 Å². The number of aromatic nitrogens is 4. The monoisotopic (exact) mass is 358 g/mol. The Morgan fingerprint density at radius 2 is 1.78 bits per heavy atom. The maximum absolute atomic E-state index is 5.82. The van der Waals surface area contributed by atoms with Gasteiger partial charge in [0.1, 0.15) is 12.1 Å². The Morgan fingerprint density at radius 1 is 0.926 bits per heavy atom. The van der Waals surface area contributed by atoms with E-state index >= 15 is 0 Å². The molecule has 7 nitrogen and oxygen atoms in total. The molecule has 2 N–H and O–H groups in total. The Labute approximate surface area is 156 Å². The number of rotatable bonds is 7. The number of nitrogens with one attached hydrogen (secondary N) is 2. The van der Waals surface area contributed by atoms with Crippen molar-refractivity contribution in [2.24, 2.45) is 0 Å². The largest absolute Gasteiger partial charge is 0.439 e. The molecule has 0 saturated carbocycles. The van der Waals surface area contributed by atoms with Gasteiger partial charge < -0.3 is 10.2 Å². The van der Waals surface area contributed by atoms with E-state index in [2.05, 4.69) is 25.9 Å². The second-order valence-electron chi connectivity index (χ2n) is 5.76. The Hall–Kier alpha value is -3.71. The minimum absolute atomic E-state index is 0.465. The summed E-state index contributed by atoms with van der Waals surface area (Å²) in [5.41, 5.74) is 8.50. The summed E-state index contributed by atoms with van der Waals surface area (Å²) in [6.07, 6.45) is 4.97. The van der Waals surface area contributed by atoms with Gasteiger partial charge >= 0.3 is 0 Å². The van der Waals surface area contributed by atoms with Crippen LogP contribution in [0.2, 0.25) is 0 Å². The predicted octanol–water partition coefficient (Wildman–Crippen LogP) is 3.57. The third-order valence-corrected chi connectivity index (χ3v) is 3.81. The highest BCUT2D eigenvalue weighted by Crippen LogP contribution is 2.20. The fourth-order valence-corrected chi connectivity index (χ4v) is 2.48. The van der Waals surface area contributed by atoms with Crippen LogP contribution < -0.4 is 15.6 Å². The van der Waals surface area contributed by atoms with Crippen LogP contribution in [0.4, 0.5) is 5.69 Å². The highest BCUT2D eigenvalue weighted by molar-refractivity contribution is 5.41. The van der Waals surface area contributed by atoms with E-state index in [-0.39, 0.29) is 0 Å². The molecule has 2 aromatic heterocycles. The van der Waals surface area contributed by atoms with Crippen molar-refractivity contribution in [1.82, 2.24) is 25.2 Å². The molecule has 4 aromatic rings. The van der Waals surface area contributed by atoms with Crippen molar-refractivity contribution in [2.75, 3.05) is 5.43 Å². The van der Waals surface area contributed by atoms with Crippen LogP contribution in [0.5, 0.6) is 11.6 Å². The SMILES string of the molecule is c1ccc(NNCc2ccc(Oc3cc(-n4cccn4)ncn3)cc2)cc1. The van der Waals surface area contributed by atoms with E-state index in [1.165, 1.54) is 6.33 Å². The van der Waals surface area contributed by atoms with Crippen molar-refractivity contribution in [3.63, 3.8) is 0 Å². The number of hydrogen-bond donors (Lipinski definition) is 2. The third kappa shape index (κ3) is 4.47. The van der Waals surface area contributed by atoms with Crippen molar-refractivity contribution in [1.29, 1.82) is 0 Å². The Bertz CT molecular complexity index is 971. The van der Waals surface area contributed by atoms with Gasteiger partial charge in [0.25, 0.3) is 0 Å². The molecule has 2 aromatic carbocycles. The summed E-state index contributed by atoms with van der Waals surface area (Å²) < 4.78 is 7.47. The summed E-state index contributed by atoms with van der Waals surface area (Å²) in [4.78, 5) is 8.34. The molecule has 0 amide bonds. The second-order valence-corrected chi connectivity index (χ2v) is 5.76. The van der Waals surface area contributed by atoms with E-state index in [1.54, 1.807) is 16.9 Å². The zero-order valence-electron chi connectivity index (χ0n) is 14.5. The van der Waals surface area contributed by atoms with Crippen LogP contribution in [-0.2, 0) is 6.54 Å². The zero-order chi connectivity index (χ0) is 18.3. The first kappa shape index (κ1) is 16.7. The molecule has 7 heteroatoms. The van der Waals surface area contributed by atoms with E-state index in [0.717, 1.165) is 11.3 Å². The third-order valence-electron chi connectivity index (χ3n) is 3.81. The van der Waals surface area contributed by atoms with Crippen LogP contribution in [0.1, 0.15) is 5.56 Å². The molecular weight excluding hydrogens is 340 g/mol.